The lowest BCUT2D eigenvalue weighted by atomic mass is 9.91. The Hall–Kier alpha value is -1.55. The number of aryl methyl sites for hydroxylation is 1. The summed E-state index contributed by atoms with van der Waals surface area (Å²) in [5, 5.41) is 0. The van der Waals surface area contributed by atoms with Crippen molar-refractivity contribution in [2.75, 3.05) is 5.73 Å². The standard InChI is InChI=1S/C14H20N4/c1-9-17-13-8-11(16)4-7-14(13)18(9)12-5-2-10(15)3-6-12/h4,7-8,10,12H,2-3,5-6,15-16H2,1H3. The molecule has 0 saturated heterocycles. The highest BCUT2D eigenvalue weighted by Crippen LogP contribution is 2.32. The summed E-state index contributed by atoms with van der Waals surface area (Å²) in [4.78, 5) is 4.62. The molecule has 4 heteroatoms. The van der Waals surface area contributed by atoms with Gasteiger partial charge in [0, 0.05) is 17.8 Å². The lowest BCUT2D eigenvalue weighted by Crippen LogP contribution is -2.28. The van der Waals surface area contributed by atoms with Crippen molar-refractivity contribution in [3.05, 3.63) is 24.0 Å². The fourth-order valence-electron chi connectivity index (χ4n) is 3.06. The summed E-state index contributed by atoms with van der Waals surface area (Å²) in [6.45, 7) is 2.07. The maximum atomic E-state index is 5.98. The molecule has 1 fully saturated rings. The zero-order chi connectivity index (χ0) is 12.7. The van der Waals surface area contributed by atoms with Gasteiger partial charge in [-0.25, -0.2) is 4.98 Å². The van der Waals surface area contributed by atoms with Crippen molar-refractivity contribution in [2.45, 2.75) is 44.7 Å². The van der Waals surface area contributed by atoms with E-state index in [2.05, 4.69) is 22.5 Å². The summed E-state index contributed by atoms with van der Waals surface area (Å²) < 4.78 is 2.36. The van der Waals surface area contributed by atoms with Crippen LogP contribution >= 0.6 is 0 Å². The van der Waals surface area contributed by atoms with Crippen LogP contribution in [0.3, 0.4) is 0 Å². The average Bonchev–Trinajstić information content (AvgIpc) is 2.65. The number of anilines is 1. The molecule has 1 aliphatic carbocycles. The molecule has 0 spiro atoms. The molecule has 96 valence electrons. The van der Waals surface area contributed by atoms with Gasteiger partial charge >= 0.3 is 0 Å². The van der Waals surface area contributed by atoms with Crippen molar-refractivity contribution in [3.63, 3.8) is 0 Å². The predicted molar refractivity (Wildman–Crippen MR) is 74.4 cm³/mol. The number of benzene rings is 1. The van der Waals surface area contributed by atoms with Crippen molar-refractivity contribution in [1.82, 2.24) is 9.55 Å². The molecular weight excluding hydrogens is 224 g/mol. The molecule has 0 aliphatic heterocycles. The first-order valence-corrected chi connectivity index (χ1v) is 6.65. The van der Waals surface area contributed by atoms with E-state index in [1.54, 1.807) is 0 Å². The van der Waals surface area contributed by atoms with Gasteiger partial charge in [0.1, 0.15) is 5.82 Å². The highest BCUT2D eigenvalue weighted by molar-refractivity contribution is 5.79. The summed E-state index contributed by atoms with van der Waals surface area (Å²) in [6, 6.07) is 6.91. The number of hydrogen-bond donors (Lipinski definition) is 2. The van der Waals surface area contributed by atoms with E-state index in [9.17, 15) is 0 Å². The minimum absolute atomic E-state index is 0.381. The SMILES string of the molecule is Cc1nc2cc(N)ccc2n1C1CCC(N)CC1. The number of rotatable bonds is 1. The molecule has 1 saturated carbocycles. The lowest BCUT2D eigenvalue weighted by Gasteiger charge is -2.28. The zero-order valence-corrected chi connectivity index (χ0v) is 10.8. The Morgan fingerprint density at radius 2 is 1.94 bits per heavy atom. The summed E-state index contributed by atoms with van der Waals surface area (Å²) in [6.07, 6.45) is 4.52. The molecule has 1 aromatic carbocycles. The van der Waals surface area contributed by atoms with Gasteiger partial charge in [-0.3, -0.25) is 0 Å². The first kappa shape index (κ1) is 11.5. The molecule has 1 aliphatic rings. The largest absolute Gasteiger partial charge is 0.399 e. The van der Waals surface area contributed by atoms with Gasteiger partial charge in [0.25, 0.3) is 0 Å². The van der Waals surface area contributed by atoms with E-state index in [4.69, 9.17) is 11.5 Å². The minimum atomic E-state index is 0.381. The van der Waals surface area contributed by atoms with Crippen LogP contribution in [0.5, 0.6) is 0 Å². The third-order valence-corrected chi connectivity index (χ3v) is 4.00. The monoisotopic (exact) mass is 244 g/mol. The Morgan fingerprint density at radius 1 is 1.22 bits per heavy atom. The number of nitrogens with two attached hydrogens (primary N) is 2. The summed E-state index contributed by atoms with van der Waals surface area (Å²) in [7, 11) is 0. The number of hydrogen-bond acceptors (Lipinski definition) is 3. The zero-order valence-electron chi connectivity index (χ0n) is 10.8. The second kappa shape index (κ2) is 4.28. The molecule has 3 rings (SSSR count). The molecule has 1 aromatic heterocycles. The highest BCUT2D eigenvalue weighted by atomic mass is 15.1. The predicted octanol–water partition coefficient (Wildman–Crippen LogP) is 2.37. The van der Waals surface area contributed by atoms with Crippen molar-refractivity contribution in [3.8, 4) is 0 Å². The molecule has 0 atom stereocenters. The Labute approximate surface area is 107 Å². The van der Waals surface area contributed by atoms with E-state index in [-0.39, 0.29) is 0 Å². The first-order chi connectivity index (χ1) is 8.65. The van der Waals surface area contributed by atoms with Gasteiger partial charge < -0.3 is 16.0 Å². The van der Waals surface area contributed by atoms with Gasteiger partial charge in [0.05, 0.1) is 11.0 Å². The van der Waals surface area contributed by atoms with Crippen LogP contribution < -0.4 is 11.5 Å². The molecule has 0 radical (unpaired) electrons. The summed E-state index contributed by atoms with van der Waals surface area (Å²) >= 11 is 0. The van der Waals surface area contributed by atoms with Gasteiger partial charge in [-0.15, -0.1) is 0 Å². The number of aromatic nitrogens is 2. The molecule has 4 N–H and O–H groups in total. The minimum Gasteiger partial charge on any atom is -0.399 e. The Balaban J connectivity index is 2.03. The van der Waals surface area contributed by atoms with Crippen LogP contribution in [0.1, 0.15) is 37.5 Å². The maximum absolute atomic E-state index is 5.98. The smallest absolute Gasteiger partial charge is 0.106 e. The van der Waals surface area contributed by atoms with Gasteiger partial charge in [-0.2, -0.15) is 0 Å². The number of nitrogen functional groups attached to an aromatic ring is 1. The molecule has 0 unspecified atom stereocenters. The van der Waals surface area contributed by atoms with E-state index in [0.717, 1.165) is 42.7 Å². The van der Waals surface area contributed by atoms with Crippen LogP contribution in [0.15, 0.2) is 18.2 Å². The van der Waals surface area contributed by atoms with E-state index in [1.807, 2.05) is 12.1 Å². The van der Waals surface area contributed by atoms with Crippen LogP contribution in [0.2, 0.25) is 0 Å². The second-order valence-corrected chi connectivity index (χ2v) is 5.35. The van der Waals surface area contributed by atoms with E-state index in [1.165, 1.54) is 5.52 Å². The van der Waals surface area contributed by atoms with Gasteiger partial charge in [-0.1, -0.05) is 0 Å². The number of imidazole rings is 1. The third-order valence-electron chi connectivity index (χ3n) is 4.00. The third kappa shape index (κ3) is 1.86. The number of fused-ring (bicyclic) bond motifs is 1. The fraction of sp³-hybridized carbons (Fsp3) is 0.500. The number of nitrogens with zero attached hydrogens (tertiary/aromatic N) is 2. The lowest BCUT2D eigenvalue weighted by molar-refractivity contribution is 0.325. The first-order valence-electron chi connectivity index (χ1n) is 6.65. The van der Waals surface area contributed by atoms with Crippen molar-refractivity contribution < 1.29 is 0 Å². The molecule has 0 amide bonds. The highest BCUT2D eigenvalue weighted by Gasteiger charge is 2.22. The Kier molecular flexibility index (Phi) is 2.74. The molecule has 0 bridgehead atoms. The van der Waals surface area contributed by atoms with Crippen LogP contribution in [-0.4, -0.2) is 15.6 Å². The topological polar surface area (TPSA) is 69.9 Å². The van der Waals surface area contributed by atoms with E-state index >= 15 is 0 Å². The molecule has 4 nitrogen and oxygen atoms in total. The summed E-state index contributed by atoms with van der Waals surface area (Å²) in [5.74, 6) is 1.08. The Morgan fingerprint density at radius 3 is 2.67 bits per heavy atom. The van der Waals surface area contributed by atoms with Crippen molar-refractivity contribution >= 4 is 16.7 Å². The van der Waals surface area contributed by atoms with Crippen LogP contribution in [0.4, 0.5) is 5.69 Å². The van der Waals surface area contributed by atoms with Crippen LogP contribution in [0, 0.1) is 6.92 Å². The van der Waals surface area contributed by atoms with E-state index < -0.39 is 0 Å². The van der Waals surface area contributed by atoms with Crippen LogP contribution in [0.25, 0.3) is 11.0 Å². The van der Waals surface area contributed by atoms with Crippen LogP contribution in [-0.2, 0) is 0 Å². The average molecular weight is 244 g/mol. The van der Waals surface area contributed by atoms with Crippen molar-refractivity contribution in [1.29, 1.82) is 0 Å². The Bertz CT molecular complexity index is 564. The van der Waals surface area contributed by atoms with Crippen molar-refractivity contribution in [2.24, 2.45) is 5.73 Å². The second-order valence-electron chi connectivity index (χ2n) is 5.35. The molecule has 1 heterocycles. The molecule has 2 aromatic rings. The van der Waals surface area contributed by atoms with Gasteiger partial charge in [0.2, 0.25) is 0 Å². The van der Waals surface area contributed by atoms with E-state index in [0.29, 0.717) is 12.1 Å². The fourth-order valence-corrected chi connectivity index (χ4v) is 3.06. The molecule has 18 heavy (non-hydrogen) atoms. The van der Waals surface area contributed by atoms with Gasteiger partial charge in [0.15, 0.2) is 0 Å². The van der Waals surface area contributed by atoms with Gasteiger partial charge in [-0.05, 0) is 50.8 Å². The summed E-state index contributed by atoms with van der Waals surface area (Å²) in [5.41, 5.74) is 14.8. The maximum Gasteiger partial charge on any atom is 0.106 e. The quantitative estimate of drug-likeness (QED) is 0.757. The molecular formula is C14H20N4. The normalized spacial score (nSPS) is 24.6.